The zero-order valence-electron chi connectivity index (χ0n) is 12.9. The fourth-order valence-corrected chi connectivity index (χ4v) is 3.07. The third kappa shape index (κ3) is 4.11. The zero-order valence-corrected chi connectivity index (χ0v) is 13.6. The Morgan fingerprint density at radius 1 is 1.52 bits per heavy atom. The smallest absolute Gasteiger partial charge is 0.340 e. The molecule has 1 aromatic rings. The van der Waals surface area contributed by atoms with Crippen molar-refractivity contribution in [1.82, 2.24) is 4.90 Å². The molecule has 0 spiro atoms. The lowest BCUT2D eigenvalue weighted by molar-refractivity contribution is 0.0601. The zero-order chi connectivity index (χ0) is 15.4. The number of hydrogen-bond acceptors (Lipinski definition) is 4. The van der Waals surface area contributed by atoms with Gasteiger partial charge in [-0.15, -0.1) is 0 Å². The van der Waals surface area contributed by atoms with E-state index in [-0.39, 0.29) is 12.0 Å². The van der Waals surface area contributed by atoms with Gasteiger partial charge in [0.2, 0.25) is 0 Å². The van der Waals surface area contributed by atoms with Crippen LogP contribution in [0.25, 0.3) is 0 Å². The molecule has 4 nitrogen and oxygen atoms in total. The Balaban J connectivity index is 2.13. The van der Waals surface area contributed by atoms with Gasteiger partial charge in [-0.2, -0.15) is 0 Å². The number of piperidine rings is 1. The topological polar surface area (TPSA) is 41.6 Å². The molecule has 0 radical (unpaired) electrons. The Morgan fingerprint density at radius 2 is 2.29 bits per heavy atom. The van der Waals surface area contributed by atoms with Crippen molar-refractivity contribution in [1.29, 1.82) is 0 Å². The molecule has 0 bridgehead atoms. The van der Waals surface area contributed by atoms with Gasteiger partial charge in [-0.3, -0.25) is 0 Å². The van der Waals surface area contributed by atoms with Crippen molar-refractivity contribution in [3.05, 3.63) is 28.8 Å². The maximum atomic E-state index is 11.9. The molecular weight excluding hydrogens is 288 g/mol. The molecule has 1 aliphatic rings. The third-order valence-corrected chi connectivity index (χ3v) is 4.37. The van der Waals surface area contributed by atoms with Crippen molar-refractivity contribution in [2.45, 2.75) is 25.8 Å². The Hall–Kier alpha value is -1.26. The highest BCUT2D eigenvalue weighted by molar-refractivity contribution is 6.31. The van der Waals surface area contributed by atoms with Gasteiger partial charge in [0.05, 0.1) is 12.7 Å². The molecule has 1 N–H and O–H groups in total. The number of carbonyl (C=O) groups is 1. The molecule has 0 aliphatic carbocycles. The van der Waals surface area contributed by atoms with Gasteiger partial charge in [0.15, 0.2) is 0 Å². The van der Waals surface area contributed by atoms with E-state index in [0.717, 1.165) is 18.8 Å². The first-order valence-electron chi connectivity index (χ1n) is 7.34. The summed E-state index contributed by atoms with van der Waals surface area (Å²) in [6.07, 6.45) is 2.43. The maximum Gasteiger partial charge on any atom is 0.340 e. The molecule has 2 atom stereocenters. The second kappa shape index (κ2) is 7.14. The summed E-state index contributed by atoms with van der Waals surface area (Å²) in [6, 6.07) is 5.57. The Bertz CT molecular complexity index is 507. The van der Waals surface area contributed by atoms with E-state index in [4.69, 9.17) is 16.3 Å². The molecule has 5 heteroatoms. The van der Waals surface area contributed by atoms with Crippen LogP contribution in [0.15, 0.2) is 18.2 Å². The molecule has 1 fully saturated rings. The molecule has 1 saturated heterocycles. The molecule has 1 heterocycles. The predicted molar refractivity (Wildman–Crippen MR) is 86.1 cm³/mol. The van der Waals surface area contributed by atoms with Gasteiger partial charge in [0, 0.05) is 23.3 Å². The quantitative estimate of drug-likeness (QED) is 0.867. The van der Waals surface area contributed by atoms with E-state index >= 15 is 0 Å². The van der Waals surface area contributed by atoms with E-state index in [1.54, 1.807) is 12.1 Å². The van der Waals surface area contributed by atoms with Crippen LogP contribution in [0.1, 0.15) is 30.1 Å². The van der Waals surface area contributed by atoms with Gasteiger partial charge >= 0.3 is 5.97 Å². The molecule has 0 saturated carbocycles. The second-order valence-corrected chi connectivity index (χ2v) is 6.22. The number of carbonyl (C=O) groups excluding carboxylic acids is 1. The van der Waals surface area contributed by atoms with Gasteiger partial charge in [-0.25, -0.2) is 4.79 Å². The summed E-state index contributed by atoms with van der Waals surface area (Å²) in [6.45, 7) is 4.41. The summed E-state index contributed by atoms with van der Waals surface area (Å²) in [5, 5.41) is 3.99. The van der Waals surface area contributed by atoms with Crippen LogP contribution in [0.3, 0.4) is 0 Å². The summed E-state index contributed by atoms with van der Waals surface area (Å²) in [7, 11) is 3.54. The van der Waals surface area contributed by atoms with E-state index in [0.29, 0.717) is 16.5 Å². The van der Waals surface area contributed by atoms with Crippen molar-refractivity contribution >= 4 is 23.3 Å². The lowest BCUT2D eigenvalue weighted by atomic mass is 9.91. The molecule has 1 aliphatic heterocycles. The normalized spacial score (nSPS) is 20.9. The largest absolute Gasteiger partial charge is 0.465 e. The minimum atomic E-state index is -0.368. The highest BCUT2D eigenvalue weighted by Crippen LogP contribution is 2.26. The molecule has 21 heavy (non-hydrogen) atoms. The van der Waals surface area contributed by atoms with Gasteiger partial charge in [0.1, 0.15) is 0 Å². The Morgan fingerprint density at radius 3 is 2.95 bits per heavy atom. The second-order valence-electron chi connectivity index (χ2n) is 5.78. The number of ether oxygens (including phenoxy) is 1. The van der Waals surface area contributed by atoms with Crippen LogP contribution in [0, 0.1) is 5.92 Å². The summed E-state index contributed by atoms with van der Waals surface area (Å²) < 4.78 is 4.83. The molecule has 116 valence electrons. The van der Waals surface area contributed by atoms with E-state index in [1.807, 2.05) is 6.07 Å². The summed E-state index contributed by atoms with van der Waals surface area (Å²) in [5.74, 6) is 0.206. The molecular formula is C16H23ClN2O2. The van der Waals surface area contributed by atoms with Crippen molar-refractivity contribution in [2.24, 2.45) is 5.92 Å². The number of nitrogens with zero attached hydrogens (tertiary/aromatic N) is 1. The van der Waals surface area contributed by atoms with Gasteiger partial charge in [-0.1, -0.05) is 11.6 Å². The number of esters is 1. The van der Waals surface area contributed by atoms with Crippen LogP contribution in [0.2, 0.25) is 5.02 Å². The highest BCUT2D eigenvalue weighted by Gasteiger charge is 2.24. The summed E-state index contributed by atoms with van der Waals surface area (Å²) in [4.78, 5) is 14.2. The molecule has 1 aromatic carbocycles. The number of anilines is 1. The van der Waals surface area contributed by atoms with Crippen LogP contribution in [-0.2, 0) is 4.74 Å². The maximum absolute atomic E-state index is 11.9. The first kappa shape index (κ1) is 16.1. The van der Waals surface area contributed by atoms with Crippen molar-refractivity contribution in [3.63, 3.8) is 0 Å². The number of benzene rings is 1. The van der Waals surface area contributed by atoms with Crippen LogP contribution >= 0.6 is 11.6 Å². The highest BCUT2D eigenvalue weighted by atomic mass is 35.5. The number of hydrogen-bond donors (Lipinski definition) is 1. The Labute approximate surface area is 131 Å². The SMILES string of the molecule is COC(=O)c1cc(Cl)ccc1NC(C)C1CCCN(C)C1. The minimum Gasteiger partial charge on any atom is -0.465 e. The average Bonchev–Trinajstić information content (AvgIpc) is 2.48. The first-order valence-corrected chi connectivity index (χ1v) is 7.72. The monoisotopic (exact) mass is 310 g/mol. The van der Waals surface area contributed by atoms with Gasteiger partial charge in [-0.05, 0) is 57.5 Å². The fraction of sp³-hybridized carbons (Fsp3) is 0.562. The summed E-state index contributed by atoms with van der Waals surface area (Å²) in [5.41, 5.74) is 1.27. The summed E-state index contributed by atoms with van der Waals surface area (Å²) >= 11 is 5.98. The van der Waals surface area contributed by atoms with E-state index in [2.05, 4.69) is 24.2 Å². The first-order chi connectivity index (χ1) is 10.0. The minimum absolute atomic E-state index is 0.289. The molecule has 0 amide bonds. The fourth-order valence-electron chi connectivity index (χ4n) is 2.90. The van der Waals surface area contributed by atoms with Gasteiger partial charge < -0.3 is 15.0 Å². The number of likely N-dealkylation sites (tertiary alicyclic amines) is 1. The van der Waals surface area contributed by atoms with Gasteiger partial charge in [0.25, 0.3) is 0 Å². The average molecular weight is 311 g/mol. The predicted octanol–water partition coefficient (Wildman–Crippen LogP) is 3.27. The third-order valence-electron chi connectivity index (χ3n) is 4.14. The number of rotatable bonds is 4. The van der Waals surface area contributed by atoms with Crippen LogP contribution < -0.4 is 5.32 Å². The molecule has 0 aromatic heterocycles. The van der Waals surface area contributed by atoms with Crippen molar-refractivity contribution in [2.75, 3.05) is 32.6 Å². The van der Waals surface area contributed by atoms with Crippen LogP contribution in [-0.4, -0.2) is 44.2 Å². The Kier molecular flexibility index (Phi) is 5.48. The van der Waals surface area contributed by atoms with Crippen LogP contribution in [0.4, 0.5) is 5.69 Å². The van der Waals surface area contributed by atoms with Crippen LogP contribution in [0.5, 0.6) is 0 Å². The molecule has 2 unspecified atom stereocenters. The lowest BCUT2D eigenvalue weighted by Gasteiger charge is -2.34. The van der Waals surface area contributed by atoms with E-state index in [9.17, 15) is 4.79 Å². The van der Waals surface area contributed by atoms with E-state index in [1.165, 1.54) is 20.0 Å². The van der Waals surface area contributed by atoms with Crippen molar-refractivity contribution < 1.29 is 9.53 Å². The van der Waals surface area contributed by atoms with E-state index < -0.39 is 0 Å². The van der Waals surface area contributed by atoms with Crippen molar-refractivity contribution in [3.8, 4) is 0 Å². The number of nitrogens with one attached hydrogen (secondary N) is 1. The number of halogens is 1. The lowest BCUT2D eigenvalue weighted by Crippen LogP contribution is -2.40. The molecule has 2 rings (SSSR count). The standard InChI is InChI=1S/C16H23ClN2O2/c1-11(12-5-4-8-19(2)10-12)18-15-7-6-13(17)9-14(15)16(20)21-3/h6-7,9,11-12,18H,4-5,8,10H2,1-3H3. The number of methoxy groups -OCH3 is 1.